The SMILES string of the molecule is Cc1ccc(F)cc1CN1CCNCc2ccccc21. The van der Waals surface area contributed by atoms with Crippen LogP contribution >= 0.6 is 0 Å². The maximum atomic E-state index is 13.4. The normalized spacial score (nSPS) is 14.8. The number of fused-ring (bicyclic) bond motifs is 1. The lowest BCUT2D eigenvalue weighted by Gasteiger charge is -2.25. The van der Waals surface area contributed by atoms with Crippen LogP contribution < -0.4 is 10.2 Å². The van der Waals surface area contributed by atoms with E-state index in [0.717, 1.165) is 37.3 Å². The zero-order chi connectivity index (χ0) is 13.9. The van der Waals surface area contributed by atoms with Gasteiger partial charge in [-0.15, -0.1) is 0 Å². The summed E-state index contributed by atoms with van der Waals surface area (Å²) in [5.74, 6) is -0.160. The summed E-state index contributed by atoms with van der Waals surface area (Å²) in [5.41, 5.74) is 4.75. The maximum Gasteiger partial charge on any atom is 0.123 e. The molecule has 0 radical (unpaired) electrons. The second-order valence-electron chi connectivity index (χ2n) is 5.30. The summed E-state index contributed by atoms with van der Waals surface area (Å²) in [6.45, 7) is 5.57. The second-order valence-corrected chi connectivity index (χ2v) is 5.30. The highest BCUT2D eigenvalue weighted by atomic mass is 19.1. The van der Waals surface area contributed by atoms with Crippen molar-refractivity contribution in [2.45, 2.75) is 20.0 Å². The number of aryl methyl sites for hydroxylation is 1. The van der Waals surface area contributed by atoms with E-state index in [2.05, 4.69) is 34.5 Å². The number of hydrogen-bond acceptors (Lipinski definition) is 2. The summed E-state index contributed by atoms with van der Waals surface area (Å²) >= 11 is 0. The summed E-state index contributed by atoms with van der Waals surface area (Å²) in [7, 11) is 0. The van der Waals surface area contributed by atoms with E-state index in [1.54, 1.807) is 6.07 Å². The average molecular weight is 270 g/mol. The molecule has 20 heavy (non-hydrogen) atoms. The molecule has 3 heteroatoms. The summed E-state index contributed by atoms with van der Waals surface area (Å²) in [4.78, 5) is 2.33. The van der Waals surface area contributed by atoms with Crippen LogP contribution in [0, 0.1) is 12.7 Å². The van der Waals surface area contributed by atoms with Gasteiger partial charge in [0.1, 0.15) is 5.82 Å². The molecule has 1 aliphatic rings. The van der Waals surface area contributed by atoms with E-state index in [1.807, 2.05) is 13.0 Å². The molecule has 2 aromatic rings. The molecule has 104 valence electrons. The van der Waals surface area contributed by atoms with E-state index in [0.29, 0.717) is 0 Å². The van der Waals surface area contributed by atoms with Crippen molar-refractivity contribution in [2.24, 2.45) is 0 Å². The molecule has 2 nitrogen and oxygen atoms in total. The van der Waals surface area contributed by atoms with E-state index in [-0.39, 0.29) is 5.82 Å². The lowest BCUT2D eigenvalue weighted by Crippen LogP contribution is -2.28. The molecular weight excluding hydrogens is 251 g/mol. The Kier molecular flexibility index (Phi) is 3.70. The van der Waals surface area contributed by atoms with E-state index in [1.165, 1.54) is 17.3 Å². The molecule has 0 saturated heterocycles. The zero-order valence-electron chi connectivity index (χ0n) is 11.7. The van der Waals surface area contributed by atoms with Crippen molar-refractivity contribution < 1.29 is 4.39 Å². The molecule has 0 atom stereocenters. The smallest absolute Gasteiger partial charge is 0.123 e. The Hall–Kier alpha value is -1.87. The fraction of sp³-hybridized carbons (Fsp3) is 0.294. The molecule has 2 aromatic carbocycles. The summed E-state index contributed by atoms with van der Waals surface area (Å²) in [6, 6.07) is 13.5. The minimum Gasteiger partial charge on any atom is -0.366 e. The first-order chi connectivity index (χ1) is 9.74. The van der Waals surface area contributed by atoms with Gasteiger partial charge in [0.2, 0.25) is 0 Å². The molecule has 0 saturated carbocycles. The highest BCUT2D eigenvalue weighted by Gasteiger charge is 2.15. The number of nitrogens with one attached hydrogen (secondary N) is 1. The van der Waals surface area contributed by atoms with Crippen molar-refractivity contribution in [3.8, 4) is 0 Å². The molecule has 0 aromatic heterocycles. The van der Waals surface area contributed by atoms with Crippen LogP contribution in [0.1, 0.15) is 16.7 Å². The second kappa shape index (κ2) is 5.63. The van der Waals surface area contributed by atoms with Crippen LogP contribution in [0.5, 0.6) is 0 Å². The predicted molar refractivity (Wildman–Crippen MR) is 80.3 cm³/mol. The van der Waals surface area contributed by atoms with Gasteiger partial charge in [0, 0.05) is 31.9 Å². The molecule has 0 unspecified atom stereocenters. The standard InChI is InChI=1S/C17H19FN2/c1-13-6-7-16(18)10-15(13)12-20-9-8-19-11-14-4-2-3-5-17(14)20/h2-7,10,19H,8-9,11-12H2,1H3. The molecule has 0 spiro atoms. The quantitative estimate of drug-likeness (QED) is 0.901. The Labute approximate surface area is 119 Å². The van der Waals surface area contributed by atoms with Crippen LogP contribution in [-0.4, -0.2) is 13.1 Å². The van der Waals surface area contributed by atoms with Gasteiger partial charge in [-0.1, -0.05) is 24.3 Å². The highest BCUT2D eigenvalue weighted by Crippen LogP contribution is 2.24. The number of para-hydroxylation sites is 1. The third kappa shape index (κ3) is 2.68. The number of nitrogens with zero attached hydrogens (tertiary/aromatic N) is 1. The van der Waals surface area contributed by atoms with Crippen LogP contribution in [-0.2, 0) is 13.1 Å². The molecule has 1 aliphatic heterocycles. The van der Waals surface area contributed by atoms with E-state index >= 15 is 0 Å². The monoisotopic (exact) mass is 270 g/mol. The molecule has 3 rings (SSSR count). The van der Waals surface area contributed by atoms with Gasteiger partial charge in [-0.05, 0) is 41.8 Å². The first kappa shape index (κ1) is 13.1. The largest absolute Gasteiger partial charge is 0.366 e. The molecule has 0 amide bonds. The van der Waals surface area contributed by atoms with Crippen molar-refractivity contribution in [1.29, 1.82) is 0 Å². The van der Waals surface area contributed by atoms with Crippen molar-refractivity contribution >= 4 is 5.69 Å². The third-order valence-corrected chi connectivity index (χ3v) is 3.88. The van der Waals surface area contributed by atoms with Gasteiger partial charge in [0.05, 0.1) is 0 Å². The van der Waals surface area contributed by atoms with Gasteiger partial charge in [-0.25, -0.2) is 4.39 Å². The van der Waals surface area contributed by atoms with Gasteiger partial charge in [-0.3, -0.25) is 0 Å². The Morgan fingerprint density at radius 2 is 2.05 bits per heavy atom. The summed E-state index contributed by atoms with van der Waals surface area (Å²) in [6.07, 6.45) is 0. The van der Waals surface area contributed by atoms with Crippen LogP contribution in [0.2, 0.25) is 0 Å². The van der Waals surface area contributed by atoms with Gasteiger partial charge in [0.15, 0.2) is 0 Å². The first-order valence-corrected chi connectivity index (χ1v) is 7.02. The fourth-order valence-electron chi connectivity index (χ4n) is 2.71. The van der Waals surface area contributed by atoms with E-state index in [9.17, 15) is 4.39 Å². The summed E-state index contributed by atoms with van der Waals surface area (Å²) in [5, 5.41) is 3.43. The Morgan fingerprint density at radius 1 is 1.20 bits per heavy atom. The minimum absolute atomic E-state index is 0.160. The Bertz CT molecular complexity index is 610. The number of halogens is 1. The van der Waals surface area contributed by atoms with Crippen LogP contribution in [0.3, 0.4) is 0 Å². The van der Waals surface area contributed by atoms with Gasteiger partial charge >= 0.3 is 0 Å². The number of benzene rings is 2. The van der Waals surface area contributed by atoms with Gasteiger partial charge in [0.25, 0.3) is 0 Å². The predicted octanol–water partition coefficient (Wildman–Crippen LogP) is 3.24. The third-order valence-electron chi connectivity index (χ3n) is 3.88. The number of anilines is 1. The molecule has 1 N–H and O–H groups in total. The molecule has 1 heterocycles. The van der Waals surface area contributed by atoms with Crippen molar-refractivity contribution in [3.05, 3.63) is 65.0 Å². The highest BCUT2D eigenvalue weighted by molar-refractivity contribution is 5.55. The van der Waals surface area contributed by atoms with Gasteiger partial charge in [-0.2, -0.15) is 0 Å². The summed E-state index contributed by atoms with van der Waals surface area (Å²) < 4.78 is 13.4. The Balaban J connectivity index is 1.92. The fourth-order valence-corrected chi connectivity index (χ4v) is 2.71. The van der Waals surface area contributed by atoms with Crippen LogP contribution in [0.4, 0.5) is 10.1 Å². The molecule has 0 bridgehead atoms. The van der Waals surface area contributed by atoms with Crippen molar-refractivity contribution in [2.75, 3.05) is 18.0 Å². The topological polar surface area (TPSA) is 15.3 Å². The minimum atomic E-state index is -0.160. The lowest BCUT2D eigenvalue weighted by atomic mass is 10.1. The van der Waals surface area contributed by atoms with E-state index in [4.69, 9.17) is 0 Å². The molecular formula is C17H19FN2. The van der Waals surface area contributed by atoms with Crippen LogP contribution in [0.25, 0.3) is 0 Å². The number of hydrogen-bond donors (Lipinski definition) is 1. The Morgan fingerprint density at radius 3 is 2.95 bits per heavy atom. The lowest BCUT2D eigenvalue weighted by molar-refractivity contribution is 0.623. The van der Waals surface area contributed by atoms with Gasteiger partial charge < -0.3 is 10.2 Å². The molecule has 0 fully saturated rings. The van der Waals surface area contributed by atoms with Crippen molar-refractivity contribution in [3.63, 3.8) is 0 Å². The maximum absolute atomic E-state index is 13.4. The zero-order valence-corrected chi connectivity index (χ0v) is 11.7. The average Bonchev–Trinajstić information content (AvgIpc) is 2.66. The molecule has 0 aliphatic carbocycles. The van der Waals surface area contributed by atoms with E-state index < -0.39 is 0 Å². The van der Waals surface area contributed by atoms with Crippen LogP contribution in [0.15, 0.2) is 42.5 Å². The van der Waals surface area contributed by atoms with Crippen molar-refractivity contribution in [1.82, 2.24) is 5.32 Å². The number of rotatable bonds is 2. The first-order valence-electron chi connectivity index (χ1n) is 7.02.